The summed E-state index contributed by atoms with van der Waals surface area (Å²) in [6.07, 6.45) is 0. The third kappa shape index (κ3) is 3.18. The van der Waals surface area contributed by atoms with Gasteiger partial charge in [0.2, 0.25) is 0 Å². The van der Waals surface area contributed by atoms with E-state index < -0.39 is 43.8 Å². The Kier molecular flexibility index (Phi) is 4.34. The van der Waals surface area contributed by atoms with Crippen molar-refractivity contribution in [1.29, 1.82) is 0 Å². The van der Waals surface area contributed by atoms with Gasteiger partial charge < -0.3 is 5.11 Å². The standard InChI is InChI=1S/C13H8ClF2NO4S/c14-7-4-5-8(13(18)19)11(6-7)17-22(20,21)12-9(15)2-1-3-10(12)16/h1-6,17H,(H,18,19). The maximum Gasteiger partial charge on any atom is 0.337 e. The van der Waals surface area contributed by atoms with Crippen LogP contribution in [0.3, 0.4) is 0 Å². The van der Waals surface area contributed by atoms with Crippen molar-refractivity contribution in [3.63, 3.8) is 0 Å². The number of carbonyl (C=O) groups is 1. The molecule has 0 atom stereocenters. The summed E-state index contributed by atoms with van der Waals surface area (Å²) in [5, 5.41) is 9.06. The average molecular weight is 348 g/mol. The Labute approximate surface area is 129 Å². The van der Waals surface area contributed by atoms with E-state index >= 15 is 0 Å². The fraction of sp³-hybridized carbons (Fsp3) is 0. The molecule has 0 radical (unpaired) electrons. The highest BCUT2D eigenvalue weighted by Gasteiger charge is 2.25. The first kappa shape index (κ1) is 16.2. The summed E-state index contributed by atoms with van der Waals surface area (Å²) in [6, 6.07) is 5.89. The molecule has 0 amide bonds. The number of carboxylic acids is 1. The molecule has 0 aliphatic heterocycles. The second kappa shape index (κ2) is 5.90. The molecule has 5 nitrogen and oxygen atoms in total. The largest absolute Gasteiger partial charge is 0.478 e. The summed E-state index contributed by atoms with van der Waals surface area (Å²) in [5.41, 5.74) is -0.813. The lowest BCUT2D eigenvalue weighted by molar-refractivity contribution is 0.0698. The Morgan fingerprint density at radius 2 is 1.73 bits per heavy atom. The van der Waals surface area contributed by atoms with Crippen molar-refractivity contribution in [1.82, 2.24) is 0 Å². The lowest BCUT2D eigenvalue weighted by Crippen LogP contribution is -2.18. The molecule has 2 rings (SSSR count). The smallest absolute Gasteiger partial charge is 0.337 e. The van der Waals surface area contributed by atoms with Gasteiger partial charge in [-0.15, -0.1) is 0 Å². The van der Waals surface area contributed by atoms with Gasteiger partial charge in [-0.05, 0) is 30.3 Å². The lowest BCUT2D eigenvalue weighted by Gasteiger charge is -2.12. The molecule has 2 aromatic carbocycles. The van der Waals surface area contributed by atoms with E-state index in [1.165, 1.54) is 6.07 Å². The van der Waals surface area contributed by atoms with E-state index in [9.17, 15) is 22.0 Å². The van der Waals surface area contributed by atoms with E-state index in [-0.39, 0.29) is 5.02 Å². The van der Waals surface area contributed by atoms with Gasteiger partial charge in [-0.3, -0.25) is 4.72 Å². The Morgan fingerprint density at radius 1 is 1.14 bits per heavy atom. The summed E-state index contributed by atoms with van der Waals surface area (Å²) in [6.45, 7) is 0. The second-order valence-electron chi connectivity index (χ2n) is 4.15. The molecule has 2 aromatic rings. The molecule has 9 heteroatoms. The number of sulfonamides is 1. The monoisotopic (exact) mass is 347 g/mol. The number of aromatic carboxylic acids is 1. The molecule has 0 bridgehead atoms. The van der Waals surface area contributed by atoms with Crippen molar-refractivity contribution in [2.45, 2.75) is 4.90 Å². The number of anilines is 1. The maximum absolute atomic E-state index is 13.6. The zero-order chi connectivity index (χ0) is 16.5. The first-order chi connectivity index (χ1) is 10.2. The molecule has 0 saturated heterocycles. The minimum absolute atomic E-state index is 0.0525. The molecule has 0 saturated carbocycles. The van der Waals surface area contributed by atoms with Crippen molar-refractivity contribution in [2.24, 2.45) is 0 Å². The third-order valence-corrected chi connectivity index (χ3v) is 4.30. The molecular weight excluding hydrogens is 340 g/mol. The quantitative estimate of drug-likeness (QED) is 0.890. The molecule has 116 valence electrons. The number of nitrogens with one attached hydrogen (secondary N) is 1. The summed E-state index contributed by atoms with van der Waals surface area (Å²) in [7, 11) is -4.67. The average Bonchev–Trinajstić information content (AvgIpc) is 2.37. The predicted molar refractivity (Wildman–Crippen MR) is 75.6 cm³/mol. The van der Waals surface area contributed by atoms with Crippen LogP contribution in [0.4, 0.5) is 14.5 Å². The highest BCUT2D eigenvalue weighted by molar-refractivity contribution is 7.92. The minimum atomic E-state index is -4.67. The fourth-order valence-corrected chi connectivity index (χ4v) is 3.10. The summed E-state index contributed by atoms with van der Waals surface area (Å²) in [4.78, 5) is 9.86. The van der Waals surface area contributed by atoms with Crippen LogP contribution in [0, 0.1) is 11.6 Å². The van der Waals surface area contributed by atoms with Crippen LogP contribution in [-0.2, 0) is 10.0 Å². The van der Waals surface area contributed by atoms with Gasteiger partial charge >= 0.3 is 5.97 Å². The second-order valence-corrected chi connectivity index (χ2v) is 6.21. The van der Waals surface area contributed by atoms with Gasteiger partial charge in [-0.2, -0.15) is 0 Å². The van der Waals surface area contributed by atoms with Crippen LogP contribution in [0.1, 0.15) is 10.4 Å². The van der Waals surface area contributed by atoms with Gasteiger partial charge in [-0.25, -0.2) is 22.0 Å². The molecule has 0 spiro atoms. The third-order valence-electron chi connectivity index (χ3n) is 2.64. The highest BCUT2D eigenvalue weighted by atomic mass is 35.5. The maximum atomic E-state index is 13.6. The zero-order valence-electron chi connectivity index (χ0n) is 10.7. The van der Waals surface area contributed by atoms with E-state index in [2.05, 4.69) is 0 Å². The van der Waals surface area contributed by atoms with Crippen LogP contribution >= 0.6 is 11.6 Å². The van der Waals surface area contributed by atoms with Crippen molar-refractivity contribution in [3.8, 4) is 0 Å². The van der Waals surface area contributed by atoms with Gasteiger partial charge in [0.25, 0.3) is 10.0 Å². The topological polar surface area (TPSA) is 83.5 Å². The van der Waals surface area contributed by atoms with E-state index in [0.717, 1.165) is 30.3 Å². The van der Waals surface area contributed by atoms with Crippen LogP contribution in [0.15, 0.2) is 41.3 Å². The van der Waals surface area contributed by atoms with Crippen molar-refractivity contribution in [2.75, 3.05) is 4.72 Å². The van der Waals surface area contributed by atoms with Crippen LogP contribution < -0.4 is 4.72 Å². The fourth-order valence-electron chi connectivity index (χ4n) is 1.72. The Balaban J connectivity index is 2.55. The number of benzene rings is 2. The summed E-state index contributed by atoms with van der Waals surface area (Å²) >= 11 is 5.68. The van der Waals surface area contributed by atoms with E-state index in [1.807, 2.05) is 4.72 Å². The van der Waals surface area contributed by atoms with Crippen LogP contribution in [0.2, 0.25) is 5.02 Å². The Morgan fingerprint density at radius 3 is 2.27 bits per heavy atom. The van der Waals surface area contributed by atoms with Gasteiger partial charge in [0.05, 0.1) is 11.3 Å². The molecular formula is C13H8ClF2NO4S. The molecule has 0 unspecified atom stereocenters. The van der Waals surface area contributed by atoms with Crippen LogP contribution in [-0.4, -0.2) is 19.5 Å². The normalized spacial score (nSPS) is 11.2. The number of halogens is 3. The first-order valence-electron chi connectivity index (χ1n) is 5.72. The van der Waals surface area contributed by atoms with E-state index in [0.29, 0.717) is 0 Å². The number of rotatable bonds is 4. The minimum Gasteiger partial charge on any atom is -0.478 e. The van der Waals surface area contributed by atoms with E-state index in [1.54, 1.807) is 0 Å². The number of carboxylic acid groups (broad SMARTS) is 1. The van der Waals surface area contributed by atoms with Crippen molar-refractivity contribution < 1.29 is 27.1 Å². The summed E-state index contributed by atoms with van der Waals surface area (Å²) in [5.74, 6) is -4.03. The van der Waals surface area contributed by atoms with E-state index in [4.69, 9.17) is 16.7 Å². The van der Waals surface area contributed by atoms with Crippen molar-refractivity contribution in [3.05, 3.63) is 58.6 Å². The van der Waals surface area contributed by atoms with Gasteiger partial charge in [0.15, 0.2) is 4.90 Å². The zero-order valence-corrected chi connectivity index (χ0v) is 12.3. The molecule has 0 aliphatic rings. The molecule has 2 N–H and O–H groups in total. The lowest BCUT2D eigenvalue weighted by atomic mass is 10.2. The number of hydrogen-bond acceptors (Lipinski definition) is 3. The molecule has 22 heavy (non-hydrogen) atoms. The van der Waals surface area contributed by atoms with Crippen LogP contribution in [0.5, 0.6) is 0 Å². The molecule has 0 aliphatic carbocycles. The van der Waals surface area contributed by atoms with Crippen molar-refractivity contribution >= 4 is 33.3 Å². The predicted octanol–water partition coefficient (Wildman–Crippen LogP) is 3.12. The Bertz CT molecular complexity index is 835. The highest BCUT2D eigenvalue weighted by Crippen LogP contribution is 2.26. The van der Waals surface area contributed by atoms with Gasteiger partial charge in [0.1, 0.15) is 11.6 Å². The first-order valence-corrected chi connectivity index (χ1v) is 7.58. The SMILES string of the molecule is O=C(O)c1ccc(Cl)cc1NS(=O)(=O)c1c(F)cccc1F. The molecule has 0 fully saturated rings. The molecule has 0 heterocycles. The Hall–Kier alpha value is -2.19. The van der Waals surface area contributed by atoms with Gasteiger partial charge in [0, 0.05) is 5.02 Å². The number of hydrogen-bond donors (Lipinski definition) is 2. The van der Waals surface area contributed by atoms with Gasteiger partial charge in [-0.1, -0.05) is 17.7 Å². The van der Waals surface area contributed by atoms with Crippen LogP contribution in [0.25, 0.3) is 0 Å². The summed E-state index contributed by atoms with van der Waals surface area (Å²) < 4.78 is 53.2. The molecule has 0 aromatic heterocycles.